The summed E-state index contributed by atoms with van der Waals surface area (Å²) in [7, 11) is 0. The summed E-state index contributed by atoms with van der Waals surface area (Å²) < 4.78 is 5.01. The van der Waals surface area contributed by atoms with E-state index in [0.29, 0.717) is 18.7 Å². The van der Waals surface area contributed by atoms with Gasteiger partial charge in [0.2, 0.25) is 0 Å². The Morgan fingerprint density at radius 3 is 2.48 bits per heavy atom. The Balaban J connectivity index is 1.95. The number of amides is 1. The van der Waals surface area contributed by atoms with Crippen molar-refractivity contribution in [3.05, 3.63) is 39.4 Å². The van der Waals surface area contributed by atoms with E-state index >= 15 is 0 Å². The third kappa shape index (κ3) is 4.51. The Morgan fingerprint density at radius 1 is 1.22 bits per heavy atom. The fourth-order valence-electron chi connectivity index (χ4n) is 2.56. The molecule has 1 fully saturated rings. The lowest BCUT2D eigenvalue weighted by Crippen LogP contribution is -2.35. The van der Waals surface area contributed by atoms with Gasteiger partial charge in [0.05, 0.1) is 10.5 Å². The number of hydrogen-bond donors (Lipinski definition) is 0. The molecule has 2 rings (SSSR count). The summed E-state index contributed by atoms with van der Waals surface area (Å²) in [6.45, 7) is 2.63. The lowest BCUT2D eigenvalue weighted by molar-refractivity contribution is -0.385. The van der Waals surface area contributed by atoms with Gasteiger partial charge < -0.3 is 9.64 Å². The molecule has 1 amide bonds. The second-order valence-corrected chi connectivity index (χ2v) is 5.63. The summed E-state index contributed by atoms with van der Waals surface area (Å²) in [5.41, 5.74) is 0.399. The molecule has 1 aliphatic rings. The van der Waals surface area contributed by atoms with E-state index in [2.05, 4.69) is 0 Å². The summed E-state index contributed by atoms with van der Waals surface area (Å²) >= 11 is 0. The number of carbonyl (C=O) groups is 2. The first kappa shape index (κ1) is 16.9. The number of nitrogens with zero attached hydrogens (tertiary/aromatic N) is 2. The summed E-state index contributed by atoms with van der Waals surface area (Å²) in [5.74, 6) is -0.946. The number of rotatable bonds is 4. The Hall–Kier alpha value is -2.44. The van der Waals surface area contributed by atoms with Crippen molar-refractivity contribution in [2.24, 2.45) is 0 Å². The van der Waals surface area contributed by atoms with Crippen LogP contribution in [0.5, 0.6) is 0 Å². The molecular weight excluding hydrogens is 300 g/mol. The normalized spacial score (nSPS) is 14.9. The van der Waals surface area contributed by atoms with E-state index in [-0.39, 0.29) is 23.8 Å². The van der Waals surface area contributed by atoms with E-state index in [0.717, 1.165) is 25.7 Å². The second kappa shape index (κ2) is 7.71. The van der Waals surface area contributed by atoms with Gasteiger partial charge in [-0.05, 0) is 25.8 Å². The molecule has 0 aromatic heterocycles. The van der Waals surface area contributed by atoms with Crippen LogP contribution in [-0.2, 0) is 9.53 Å². The van der Waals surface area contributed by atoms with Gasteiger partial charge >= 0.3 is 5.97 Å². The maximum atomic E-state index is 12.1. The molecule has 7 heteroatoms. The molecule has 1 aliphatic heterocycles. The number of nitro benzene ring substituents is 1. The molecule has 124 valence electrons. The first-order valence-corrected chi connectivity index (χ1v) is 7.69. The van der Waals surface area contributed by atoms with Gasteiger partial charge in [0.25, 0.3) is 11.6 Å². The molecule has 0 bridgehead atoms. The quantitative estimate of drug-likeness (QED) is 0.483. The minimum absolute atomic E-state index is 0.0750. The monoisotopic (exact) mass is 320 g/mol. The van der Waals surface area contributed by atoms with Crippen molar-refractivity contribution in [3.8, 4) is 0 Å². The molecule has 7 nitrogen and oxygen atoms in total. The van der Waals surface area contributed by atoms with Gasteiger partial charge in [-0.3, -0.25) is 14.9 Å². The molecule has 1 heterocycles. The molecule has 1 aromatic rings. The molecule has 0 unspecified atom stereocenters. The third-order valence-electron chi connectivity index (χ3n) is 3.93. The van der Waals surface area contributed by atoms with Crippen LogP contribution < -0.4 is 0 Å². The van der Waals surface area contributed by atoms with E-state index in [1.165, 1.54) is 18.2 Å². The zero-order valence-corrected chi connectivity index (χ0v) is 13.1. The molecule has 0 atom stereocenters. The van der Waals surface area contributed by atoms with Crippen molar-refractivity contribution < 1.29 is 19.2 Å². The average Bonchev–Trinajstić information content (AvgIpc) is 2.81. The molecule has 0 saturated carbocycles. The second-order valence-electron chi connectivity index (χ2n) is 5.63. The fraction of sp³-hybridized carbons (Fsp3) is 0.500. The van der Waals surface area contributed by atoms with Gasteiger partial charge in [0, 0.05) is 24.7 Å². The summed E-state index contributed by atoms with van der Waals surface area (Å²) in [6, 6.07) is 4.13. The number of hydrogen-bond acceptors (Lipinski definition) is 5. The van der Waals surface area contributed by atoms with Crippen LogP contribution in [0.4, 0.5) is 5.69 Å². The average molecular weight is 320 g/mol. The summed E-state index contributed by atoms with van der Waals surface area (Å²) in [5, 5.41) is 10.9. The minimum Gasteiger partial charge on any atom is -0.452 e. The van der Waals surface area contributed by atoms with Gasteiger partial charge in [-0.2, -0.15) is 0 Å². The molecule has 1 aromatic carbocycles. The van der Waals surface area contributed by atoms with Crippen molar-refractivity contribution in [1.82, 2.24) is 4.90 Å². The minimum atomic E-state index is -0.726. The van der Waals surface area contributed by atoms with Crippen molar-refractivity contribution >= 4 is 17.6 Å². The molecule has 1 saturated heterocycles. The van der Waals surface area contributed by atoms with E-state index in [4.69, 9.17) is 4.74 Å². The maximum Gasteiger partial charge on any atom is 0.338 e. The molecular formula is C16H20N2O5. The maximum absolute atomic E-state index is 12.1. The topological polar surface area (TPSA) is 89.8 Å². The third-order valence-corrected chi connectivity index (χ3v) is 3.93. The van der Waals surface area contributed by atoms with Crippen LogP contribution in [-0.4, -0.2) is 41.4 Å². The van der Waals surface area contributed by atoms with Gasteiger partial charge in [-0.15, -0.1) is 0 Å². The van der Waals surface area contributed by atoms with Crippen LogP contribution in [0.25, 0.3) is 0 Å². The van der Waals surface area contributed by atoms with Gasteiger partial charge in [0.1, 0.15) is 0 Å². The van der Waals surface area contributed by atoms with Crippen molar-refractivity contribution in [2.75, 3.05) is 19.7 Å². The first-order chi connectivity index (χ1) is 11.0. The highest BCUT2D eigenvalue weighted by molar-refractivity contribution is 5.92. The SMILES string of the molecule is Cc1ccc(C(=O)OCC(=O)N2CCCCCC2)cc1[N+](=O)[O-]. The highest BCUT2D eigenvalue weighted by Gasteiger charge is 2.19. The molecule has 0 spiro atoms. The number of aryl methyl sites for hydroxylation is 1. The summed E-state index contributed by atoms with van der Waals surface area (Å²) in [4.78, 5) is 36.1. The predicted octanol–water partition coefficient (Wildman–Crippen LogP) is 2.46. The van der Waals surface area contributed by atoms with Crippen molar-refractivity contribution in [2.45, 2.75) is 32.6 Å². The van der Waals surface area contributed by atoms with E-state index in [9.17, 15) is 19.7 Å². The fourth-order valence-corrected chi connectivity index (χ4v) is 2.56. The number of esters is 1. The molecule has 0 radical (unpaired) electrons. The lowest BCUT2D eigenvalue weighted by Gasteiger charge is -2.19. The van der Waals surface area contributed by atoms with Crippen LogP contribution in [0.15, 0.2) is 18.2 Å². The van der Waals surface area contributed by atoms with Crippen LogP contribution >= 0.6 is 0 Å². The number of ether oxygens (including phenoxy) is 1. The smallest absolute Gasteiger partial charge is 0.338 e. The Kier molecular flexibility index (Phi) is 5.67. The summed E-state index contributed by atoms with van der Waals surface area (Å²) in [6.07, 6.45) is 4.14. The highest BCUT2D eigenvalue weighted by Crippen LogP contribution is 2.19. The van der Waals surface area contributed by atoms with Crippen LogP contribution in [0, 0.1) is 17.0 Å². The van der Waals surface area contributed by atoms with E-state index in [1.807, 2.05) is 0 Å². The van der Waals surface area contributed by atoms with Crippen molar-refractivity contribution in [3.63, 3.8) is 0 Å². The molecule has 0 N–H and O–H groups in total. The lowest BCUT2D eigenvalue weighted by atomic mass is 10.1. The van der Waals surface area contributed by atoms with Gasteiger partial charge in [-0.25, -0.2) is 4.79 Å². The zero-order valence-electron chi connectivity index (χ0n) is 13.1. The van der Waals surface area contributed by atoms with E-state index in [1.54, 1.807) is 11.8 Å². The Labute approximate surface area is 134 Å². The zero-order chi connectivity index (χ0) is 16.8. The highest BCUT2D eigenvalue weighted by atomic mass is 16.6. The largest absolute Gasteiger partial charge is 0.452 e. The number of likely N-dealkylation sites (tertiary alicyclic amines) is 1. The van der Waals surface area contributed by atoms with Gasteiger partial charge in [-0.1, -0.05) is 18.9 Å². The number of carbonyl (C=O) groups excluding carboxylic acids is 2. The van der Waals surface area contributed by atoms with Crippen LogP contribution in [0.3, 0.4) is 0 Å². The molecule has 23 heavy (non-hydrogen) atoms. The van der Waals surface area contributed by atoms with Crippen LogP contribution in [0.2, 0.25) is 0 Å². The number of nitro groups is 1. The standard InChI is InChI=1S/C16H20N2O5/c1-12-6-7-13(10-14(12)18(21)22)16(20)23-11-15(19)17-8-4-2-3-5-9-17/h6-7,10H,2-5,8-9,11H2,1H3. The molecule has 0 aliphatic carbocycles. The number of benzene rings is 1. The van der Waals surface area contributed by atoms with E-state index < -0.39 is 10.9 Å². The Bertz CT molecular complexity index is 606. The van der Waals surface area contributed by atoms with Gasteiger partial charge in [0.15, 0.2) is 6.61 Å². The van der Waals surface area contributed by atoms with Crippen LogP contribution in [0.1, 0.15) is 41.6 Å². The first-order valence-electron chi connectivity index (χ1n) is 7.69. The van der Waals surface area contributed by atoms with Crippen molar-refractivity contribution in [1.29, 1.82) is 0 Å². The predicted molar refractivity (Wildman–Crippen MR) is 83.2 cm³/mol. The Morgan fingerprint density at radius 2 is 1.87 bits per heavy atom.